The number of hydrogen-bond acceptors (Lipinski definition) is 1. The second kappa shape index (κ2) is 5.54. The molecule has 0 fully saturated rings. The zero-order valence-corrected chi connectivity index (χ0v) is 12.6. The molecule has 0 aliphatic carbocycles. The number of rotatable bonds is 3. The predicted octanol–water partition coefficient (Wildman–Crippen LogP) is 4.96. The van der Waals surface area contributed by atoms with Gasteiger partial charge in [-0.2, -0.15) is 0 Å². The number of carbonyl (C=O) groups excluding carboxylic acids is 1. The monoisotopic (exact) mass is 314 g/mol. The molecular weight excluding hydrogens is 300 g/mol. The third kappa shape index (κ3) is 2.69. The van der Waals surface area contributed by atoms with E-state index in [0.29, 0.717) is 5.57 Å². The largest absolute Gasteiger partial charge is 0.289 e. The molecule has 0 N–H and O–H groups in total. The summed E-state index contributed by atoms with van der Waals surface area (Å²) in [5.74, 6) is -0.0116. The summed E-state index contributed by atoms with van der Waals surface area (Å²) in [6.07, 6.45) is 0. The summed E-state index contributed by atoms with van der Waals surface area (Å²) < 4.78 is 0.889. The molecule has 0 aromatic heterocycles. The fourth-order valence-electron chi connectivity index (χ4n) is 2.15. The highest BCUT2D eigenvalue weighted by Gasteiger charge is 2.17. The Balaban J connectivity index is 2.46. The maximum Gasteiger partial charge on any atom is 0.193 e. The Morgan fingerprint density at radius 2 is 1.58 bits per heavy atom. The number of hydrogen-bond donors (Lipinski definition) is 0. The molecule has 0 bridgehead atoms. The standard InChI is InChI=1S/C17H15BrO/c1-11-7-6-8-12(2)16(11)17(19)13(3)14-9-4-5-10-15(14)18/h4-10H,3H2,1-2H3. The molecule has 0 spiro atoms. The lowest BCUT2D eigenvalue weighted by molar-refractivity contribution is 0.105. The number of carbonyl (C=O) groups is 1. The van der Waals surface area contributed by atoms with Crippen molar-refractivity contribution in [3.63, 3.8) is 0 Å². The molecule has 2 rings (SSSR count). The minimum atomic E-state index is -0.0116. The highest BCUT2D eigenvalue weighted by molar-refractivity contribution is 9.10. The zero-order valence-electron chi connectivity index (χ0n) is 11.0. The number of ketones is 1. The SMILES string of the molecule is C=C(C(=O)c1c(C)cccc1C)c1ccccc1Br. The van der Waals surface area contributed by atoms with Gasteiger partial charge >= 0.3 is 0 Å². The van der Waals surface area contributed by atoms with E-state index in [0.717, 1.165) is 26.7 Å². The molecule has 2 heteroatoms. The van der Waals surface area contributed by atoms with Crippen LogP contribution in [0.5, 0.6) is 0 Å². The van der Waals surface area contributed by atoms with Gasteiger partial charge in [0.05, 0.1) is 0 Å². The Morgan fingerprint density at radius 1 is 1.00 bits per heavy atom. The Hall–Kier alpha value is -1.67. The number of benzene rings is 2. The lowest BCUT2D eigenvalue weighted by Crippen LogP contribution is -2.06. The van der Waals surface area contributed by atoms with Crippen LogP contribution in [0.15, 0.2) is 53.5 Å². The van der Waals surface area contributed by atoms with E-state index in [9.17, 15) is 4.79 Å². The van der Waals surface area contributed by atoms with Crippen LogP contribution in [-0.2, 0) is 0 Å². The normalized spacial score (nSPS) is 10.3. The molecular formula is C17H15BrO. The first-order valence-electron chi connectivity index (χ1n) is 6.07. The van der Waals surface area contributed by atoms with E-state index in [1.807, 2.05) is 56.3 Å². The van der Waals surface area contributed by atoms with Gasteiger partial charge in [-0.1, -0.05) is 58.9 Å². The van der Waals surface area contributed by atoms with Gasteiger partial charge in [-0.3, -0.25) is 4.79 Å². The maximum absolute atomic E-state index is 12.6. The number of aryl methyl sites for hydroxylation is 2. The molecule has 2 aromatic rings. The van der Waals surface area contributed by atoms with Crippen LogP contribution in [-0.4, -0.2) is 5.78 Å². The van der Waals surface area contributed by atoms with Gasteiger partial charge in [0, 0.05) is 15.6 Å². The highest BCUT2D eigenvalue weighted by atomic mass is 79.9. The molecule has 0 unspecified atom stereocenters. The van der Waals surface area contributed by atoms with Crippen LogP contribution in [0.3, 0.4) is 0 Å². The van der Waals surface area contributed by atoms with E-state index in [1.54, 1.807) is 0 Å². The molecule has 96 valence electrons. The van der Waals surface area contributed by atoms with Crippen molar-refractivity contribution in [2.75, 3.05) is 0 Å². The van der Waals surface area contributed by atoms with Crippen molar-refractivity contribution in [3.05, 3.63) is 75.8 Å². The molecule has 0 aliphatic heterocycles. The first-order valence-corrected chi connectivity index (χ1v) is 6.86. The van der Waals surface area contributed by atoms with Crippen molar-refractivity contribution in [1.82, 2.24) is 0 Å². The van der Waals surface area contributed by atoms with Crippen molar-refractivity contribution < 1.29 is 4.79 Å². The Labute approximate surface area is 122 Å². The second-order valence-electron chi connectivity index (χ2n) is 4.55. The molecule has 0 aliphatic rings. The van der Waals surface area contributed by atoms with E-state index >= 15 is 0 Å². The first kappa shape index (κ1) is 13.8. The van der Waals surface area contributed by atoms with Gasteiger partial charge in [0.2, 0.25) is 0 Å². The average Bonchev–Trinajstić information content (AvgIpc) is 2.38. The predicted molar refractivity (Wildman–Crippen MR) is 83.4 cm³/mol. The molecule has 0 saturated carbocycles. The van der Waals surface area contributed by atoms with Crippen molar-refractivity contribution >= 4 is 27.3 Å². The van der Waals surface area contributed by atoms with Crippen molar-refractivity contribution in [3.8, 4) is 0 Å². The lowest BCUT2D eigenvalue weighted by atomic mass is 9.92. The number of Topliss-reactive ketones (excluding diaryl/α,β-unsaturated/α-hetero) is 1. The first-order chi connectivity index (χ1) is 9.02. The Morgan fingerprint density at radius 3 is 2.16 bits per heavy atom. The quantitative estimate of drug-likeness (QED) is 0.578. The molecule has 1 nitrogen and oxygen atoms in total. The van der Waals surface area contributed by atoms with E-state index < -0.39 is 0 Å². The zero-order chi connectivity index (χ0) is 14.0. The average molecular weight is 315 g/mol. The summed E-state index contributed by atoms with van der Waals surface area (Å²) in [6, 6.07) is 13.5. The molecule has 0 amide bonds. The van der Waals surface area contributed by atoms with Crippen LogP contribution < -0.4 is 0 Å². The third-order valence-electron chi connectivity index (χ3n) is 3.18. The summed E-state index contributed by atoms with van der Waals surface area (Å²) >= 11 is 3.46. The topological polar surface area (TPSA) is 17.1 Å². The van der Waals surface area contributed by atoms with Crippen molar-refractivity contribution in [2.45, 2.75) is 13.8 Å². The number of allylic oxidation sites excluding steroid dienone is 1. The third-order valence-corrected chi connectivity index (χ3v) is 3.87. The van der Waals surface area contributed by atoms with Gasteiger partial charge in [0.1, 0.15) is 0 Å². The van der Waals surface area contributed by atoms with E-state index in [1.165, 1.54) is 0 Å². The minimum Gasteiger partial charge on any atom is -0.289 e. The Kier molecular flexibility index (Phi) is 4.01. The highest BCUT2D eigenvalue weighted by Crippen LogP contribution is 2.27. The summed E-state index contributed by atoms with van der Waals surface area (Å²) in [7, 11) is 0. The van der Waals surface area contributed by atoms with Crippen molar-refractivity contribution in [1.29, 1.82) is 0 Å². The van der Waals surface area contributed by atoms with Gasteiger partial charge in [0.15, 0.2) is 5.78 Å². The Bertz CT molecular complexity index is 636. The van der Waals surface area contributed by atoms with Gasteiger partial charge in [0.25, 0.3) is 0 Å². The van der Waals surface area contributed by atoms with Crippen LogP contribution >= 0.6 is 15.9 Å². The van der Waals surface area contributed by atoms with Gasteiger partial charge in [-0.05, 0) is 36.6 Å². The summed E-state index contributed by atoms with van der Waals surface area (Å²) in [4.78, 5) is 12.6. The van der Waals surface area contributed by atoms with E-state index in [4.69, 9.17) is 0 Å². The van der Waals surface area contributed by atoms with Crippen LogP contribution in [0.25, 0.3) is 5.57 Å². The maximum atomic E-state index is 12.6. The fraction of sp³-hybridized carbons (Fsp3) is 0.118. The minimum absolute atomic E-state index is 0.0116. The second-order valence-corrected chi connectivity index (χ2v) is 5.41. The fourth-order valence-corrected chi connectivity index (χ4v) is 2.68. The van der Waals surface area contributed by atoms with Gasteiger partial charge in [-0.25, -0.2) is 0 Å². The number of halogens is 1. The van der Waals surface area contributed by atoms with E-state index in [2.05, 4.69) is 22.5 Å². The van der Waals surface area contributed by atoms with Crippen LogP contribution in [0.2, 0.25) is 0 Å². The molecule has 0 heterocycles. The van der Waals surface area contributed by atoms with Crippen LogP contribution in [0, 0.1) is 13.8 Å². The summed E-state index contributed by atoms with van der Waals surface area (Å²) in [5, 5.41) is 0. The molecule has 19 heavy (non-hydrogen) atoms. The van der Waals surface area contributed by atoms with Crippen LogP contribution in [0.4, 0.5) is 0 Å². The lowest BCUT2D eigenvalue weighted by Gasteiger charge is -2.11. The van der Waals surface area contributed by atoms with Crippen LogP contribution in [0.1, 0.15) is 27.0 Å². The summed E-state index contributed by atoms with van der Waals surface area (Å²) in [6.45, 7) is 7.87. The van der Waals surface area contributed by atoms with Gasteiger partial charge in [-0.15, -0.1) is 0 Å². The van der Waals surface area contributed by atoms with Crippen molar-refractivity contribution in [2.24, 2.45) is 0 Å². The molecule has 2 aromatic carbocycles. The molecule has 0 atom stereocenters. The smallest absolute Gasteiger partial charge is 0.193 e. The van der Waals surface area contributed by atoms with Gasteiger partial charge < -0.3 is 0 Å². The summed E-state index contributed by atoms with van der Waals surface area (Å²) in [5.41, 5.74) is 4.08. The van der Waals surface area contributed by atoms with E-state index in [-0.39, 0.29) is 5.78 Å². The molecule has 0 saturated heterocycles. The molecule has 0 radical (unpaired) electrons.